The van der Waals surface area contributed by atoms with E-state index in [-0.39, 0.29) is 21.4 Å². The molecule has 1 aromatic heterocycles. The maximum atomic E-state index is 12.2. The van der Waals surface area contributed by atoms with E-state index in [1.54, 1.807) is 19.2 Å². The molecule has 0 aliphatic carbocycles. The van der Waals surface area contributed by atoms with Crippen molar-refractivity contribution in [1.82, 2.24) is 4.98 Å². The summed E-state index contributed by atoms with van der Waals surface area (Å²) < 4.78 is 0. The average molecular weight is 326 g/mol. The predicted molar refractivity (Wildman–Crippen MR) is 80.0 cm³/mol. The highest BCUT2D eigenvalue weighted by molar-refractivity contribution is 6.35. The number of nitro groups is 1. The zero-order chi connectivity index (χ0) is 15.6. The Balaban J connectivity index is 2.34. The van der Waals surface area contributed by atoms with Gasteiger partial charge in [-0.1, -0.05) is 23.2 Å². The van der Waals surface area contributed by atoms with Crippen molar-refractivity contribution < 1.29 is 9.72 Å². The van der Waals surface area contributed by atoms with Crippen LogP contribution in [0.5, 0.6) is 0 Å². The summed E-state index contributed by atoms with van der Waals surface area (Å²) in [5.74, 6) is -0.599. The lowest BCUT2D eigenvalue weighted by Crippen LogP contribution is -2.13. The molecule has 21 heavy (non-hydrogen) atoms. The van der Waals surface area contributed by atoms with Crippen LogP contribution >= 0.6 is 23.2 Å². The van der Waals surface area contributed by atoms with Gasteiger partial charge in [-0.15, -0.1) is 0 Å². The molecule has 0 bridgehead atoms. The fourth-order valence-corrected chi connectivity index (χ4v) is 1.98. The molecular weight excluding hydrogens is 317 g/mol. The Morgan fingerprint density at radius 2 is 2.05 bits per heavy atom. The number of amides is 1. The lowest BCUT2D eigenvalue weighted by Gasteiger charge is -2.08. The van der Waals surface area contributed by atoms with Gasteiger partial charge < -0.3 is 5.32 Å². The number of anilines is 1. The maximum absolute atomic E-state index is 12.2. The third kappa shape index (κ3) is 3.48. The summed E-state index contributed by atoms with van der Waals surface area (Å²) in [7, 11) is 0. The number of aromatic nitrogens is 1. The van der Waals surface area contributed by atoms with E-state index in [2.05, 4.69) is 10.3 Å². The Kier molecular flexibility index (Phi) is 4.40. The first-order chi connectivity index (χ1) is 9.88. The van der Waals surface area contributed by atoms with E-state index in [4.69, 9.17) is 23.2 Å². The zero-order valence-electron chi connectivity index (χ0n) is 10.8. The minimum Gasteiger partial charge on any atom is -0.319 e. The number of hydrogen-bond donors (Lipinski definition) is 1. The van der Waals surface area contributed by atoms with E-state index in [1.165, 1.54) is 12.1 Å². The number of halogens is 2. The van der Waals surface area contributed by atoms with Gasteiger partial charge in [-0.2, -0.15) is 0 Å². The van der Waals surface area contributed by atoms with Gasteiger partial charge >= 0.3 is 0 Å². The molecule has 1 heterocycles. The van der Waals surface area contributed by atoms with Gasteiger partial charge in [0.2, 0.25) is 0 Å². The molecule has 0 saturated heterocycles. The summed E-state index contributed by atoms with van der Waals surface area (Å²) in [6, 6.07) is 5.26. The van der Waals surface area contributed by atoms with Crippen LogP contribution in [0.1, 0.15) is 15.9 Å². The maximum Gasteiger partial charge on any atom is 0.270 e. The number of nitrogens with zero attached hydrogens (tertiary/aromatic N) is 2. The van der Waals surface area contributed by atoms with Crippen molar-refractivity contribution in [2.75, 3.05) is 5.32 Å². The van der Waals surface area contributed by atoms with E-state index in [1.807, 2.05) is 0 Å². The lowest BCUT2D eigenvalue weighted by atomic mass is 10.2. The Morgan fingerprint density at radius 3 is 2.71 bits per heavy atom. The number of nitrogens with one attached hydrogen (secondary N) is 1. The lowest BCUT2D eigenvalue weighted by molar-refractivity contribution is -0.384. The molecule has 0 aliphatic rings. The minimum atomic E-state index is -0.603. The molecule has 2 rings (SSSR count). The molecule has 0 aliphatic heterocycles. The number of benzene rings is 1. The number of carbonyl (C=O) groups excluding carboxylic acids is 1. The first-order valence-electron chi connectivity index (χ1n) is 5.76. The van der Waals surface area contributed by atoms with Gasteiger partial charge in [0.25, 0.3) is 11.6 Å². The van der Waals surface area contributed by atoms with Gasteiger partial charge in [-0.3, -0.25) is 14.9 Å². The predicted octanol–water partition coefficient (Wildman–Crippen LogP) is 3.86. The van der Waals surface area contributed by atoms with Crippen molar-refractivity contribution in [3.05, 3.63) is 61.9 Å². The van der Waals surface area contributed by atoms with Crippen LogP contribution in [0.4, 0.5) is 11.4 Å². The van der Waals surface area contributed by atoms with Crippen LogP contribution in [0.15, 0.2) is 30.5 Å². The smallest absolute Gasteiger partial charge is 0.270 e. The fourth-order valence-electron chi connectivity index (χ4n) is 1.63. The van der Waals surface area contributed by atoms with Crippen LogP contribution < -0.4 is 5.32 Å². The van der Waals surface area contributed by atoms with Crippen molar-refractivity contribution in [2.45, 2.75) is 6.92 Å². The van der Waals surface area contributed by atoms with Crippen LogP contribution in [0.2, 0.25) is 10.2 Å². The number of aryl methyl sites for hydroxylation is 1. The van der Waals surface area contributed by atoms with Crippen LogP contribution in [0, 0.1) is 17.0 Å². The number of non-ortho nitro benzene ring substituents is 1. The first-order valence-corrected chi connectivity index (χ1v) is 6.51. The minimum absolute atomic E-state index is 0.0107. The van der Waals surface area contributed by atoms with Gasteiger partial charge in [0.1, 0.15) is 0 Å². The Hall–Kier alpha value is -2.18. The summed E-state index contributed by atoms with van der Waals surface area (Å²) in [6.45, 7) is 1.79. The van der Waals surface area contributed by atoms with Crippen LogP contribution in [-0.2, 0) is 0 Å². The van der Waals surface area contributed by atoms with Gasteiger partial charge in [0, 0.05) is 18.3 Å². The van der Waals surface area contributed by atoms with Crippen LogP contribution in [0.25, 0.3) is 0 Å². The monoisotopic (exact) mass is 325 g/mol. The topological polar surface area (TPSA) is 85.1 Å². The summed E-state index contributed by atoms with van der Waals surface area (Å²) in [5, 5.41) is 13.5. The van der Waals surface area contributed by atoms with Crippen molar-refractivity contribution in [2.24, 2.45) is 0 Å². The highest BCUT2D eigenvalue weighted by atomic mass is 35.5. The van der Waals surface area contributed by atoms with Gasteiger partial charge in [0.15, 0.2) is 5.15 Å². The molecule has 0 radical (unpaired) electrons. The molecule has 0 unspecified atom stereocenters. The molecule has 0 spiro atoms. The standard InChI is InChI=1S/C13H9Cl2N3O3/c1-7-4-11(12(15)16-6-7)17-13(19)9-5-8(18(20)21)2-3-10(9)14/h2-6H,1H3,(H,17,19). The highest BCUT2D eigenvalue weighted by Crippen LogP contribution is 2.25. The first kappa shape index (κ1) is 15.2. The molecule has 0 saturated carbocycles. The molecule has 0 fully saturated rings. The number of nitro benzene ring substituents is 1. The Labute approximate surface area is 129 Å². The van der Waals surface area contributed by atoms with E-state index >= 15 is 0 Å². The van der Waals surface area contributed by atoms with E-state index in [9.17, 15) is 14.9 Å². The summed E-state index contributed by atoms with van der Waals surface area (Å²) >= 11 is 11.8. The van der Waals surface area contributed by atoms with Crippen molar-refractivity contribution in [3.63, 3.8) is 0 Å². The van der Waals surface area contributed by atoms with Gasteiger partial charge in [0.05, 0.1) is 21.2 Å². The quantitative estimate of drug-likeness (QED) is 0.527. The summed E-state index contributed by atoms with van der Waals surface area (Å²) in [4.78, 5) is 26.2. The Morgan fingerprint density at radius 1 is 1.33 bits per heavy atom. The van der Waals surface area contributed by atoms with Crippen molar-refractivity contribution >= 4 is 40.5 Å². The number of carbonyl (C=O) groups is 1. The second-order valence-electron chi connectivity index (χ2n) is 4.23. The normalized spacial score (nSPS) is 10.2. The zero-order valence-corrected chi connectivity index (χ0v) is 12.3. The SMILES string of the molecule is Cc1cnc(Cl)c(NC(=O)c2cc([N+](=O)[O-])ccc2Cl)c1. The van der Waals surface area contributed by atoms with Gasteiger partial charge in [-0.05, 0) is 24.6 Å². The molecule has 108 valence electrons. The molecular formula is C13H9Cl2N3O3. The number of pyridine rings is 1. The summed E-state index contributed by atoms with van der Waals surface area (Å²) in [6.07, 6.45) is 1.55. The fraction of sp³-hybridized carbons (Fsp3) is 0.0769. The largest absolute Gasteiger partial charge is 0.319 e. The second kappa shape index (κ2) is 6.07. The highest BCUT2D eigenvalue weighted by Gasteiger charge is 2.17. The molecule has 2 aromatic rings. The number of hydrogen-bond acceptors (Lipinski definition) is 4. The van der Waals surface area contributed by atoms with E-state index < -0.39 is 10.8 Å². The third-order valence-corrected chi connectivity index (χ3v) is 3.26. The summed E-state index contributed by atoms with van der Waals surface area (Å²) in [5.41, 5.74) is 0.880. The molecule has 8 heteroatoms. The van der Waals surface area contributed by atoms with E-state index in [0.29, 0.717) is 5.69 Å². The van der Waals surface area contributed by atoms with Crippen molar-refractivity contribution in [1.29, 1.82) is 0 Å². The molecule has 0 atom stereocenters. The molecule has 1 aromatic carbocycles. The van der Waals surface area contributed by atoms with Crippen molar-refractivity contribution in [3.8, 4) is 0 Å². The number of rotatable bonds is 3. The van der Waals surface area contributed by atoms with Crippen LogP contribution in [-0.4, -0.2) is 15.8 Å². The molecule has 1 N–H and O–H groups in total. The van der Waals surface area contributed by atoms with Gasteiger partial charge in [-0.25, -0.2) is 4.98 Å². The second-order valence-corrected chi connectivity index (χ2v) is 4.99. The van der Waals surface area contributed by atoms with E-state index in [0.717, 1.165) is 11.6 Å². The van der Waals surface area contributed by atoms with Crippen LogP contribution in [0.3, 0.4) is 0 Å². The average Bonchev–Trinajstić information content (AvgIpc) is 2.43. The Bertz CT molecular complexity index is 735. The third-order valence-electron chi connectivity index (χ3n) is 2.63. The molecule has 1 amide bonds. The molecule has 6 nitrogen and oxygen atoms in total.